The third-order valence-corrected chi connectivity index (χ3v) is 8.09. The molecule has 3 N–H and O–H groups in total. The SMILES string of the molecule is CC1(C)CC(=O)c2c(C(F)(F)F)nn(-c3ccc(C(N)=O)c(NC4C[C@@H]5CN(C(=O)OC(C)(C)C)C[C@@H]5C4)c3)c2C1. The lowest BCUT2D eigenvalue weighted by atomic mass is 9.75. The lowest BCUT2D eigenvalue weighted by Crippen LogP contribution is -2.36. The zero-order valence-electron chi connectivity index (χ0n) is 23.9. The van der Waals surface area contributed by atoms with Crippen LogP contribution in [0.2, 0.25) is 0 Å². The Kier molecular flexibility index (Phi) is 6.89. The van der Waals surface area contributed by atoms with Crippen LogP contribution in [0.5, 0.6) is 0 Å². The Bertz CT molecular complexity index is 1390. The lowest BCUT2D eigenvalue weighted by molar-refractivity contribution is -0.141. The number of alkyl halides is 3. The molecule has 222 valence electrons. The molecule has 1 aliphatic heterocycles. The van der Waals surface area contributed by atoms with Crippen LogP contribution in [0.3, 0.4) is 0 Å². The number of hydrogen-bond acceptors (Lipinski definition) is 6. The van der Waals surface area contributed by atoms with E-state index in [0.29, 0.717) is 24.5 Å². The molecule has 2 aromatic rings. The highest BCUT2D eigenvalue weighted by Crippen LogP contribution is 2.43. The van der Waals surface area contributed by atoms with E-state index >= 15 is 0 Å². The molecule has 0 spiro atoms. The molecule has 41 heavy (non-hydrogen) atoms. The number of anilines is 1. The molecule has 9 nitrogen and oxygen atoms in total. The van der Waals surface area contributed by atoms with Crippen molar-refractivity contribution in [1.82, 2.24) is 14.7 Å². The summed E-state index contributed by atoms with van der Waals surface area (Å²) in [5.74, 6) is -0.759. The van der Waals surface area contributed by atoms with Gasteiger partial charge in [0.05, 0.1) is 22.5 Å². The van der Waals surface area contributed by atoms with Crippen molar-refractivity contribution in [2.24, 2.45) is 23.0 Å². The van der Waals surface area contributed by atoms with Crippen molar-refractivity contribution in [2.45, 2.75) is 78.1 Å². The van der Waals surface area contributed by atoms with Gasteiger partial charge in [-0.05, 0) is 75.5 Å². The van der Waals surface area contributed by atoms with E-state index in [4.69, 9.17) is 10.5 Å². The summed E-state index contributed by atoms with van der Waals surface area (Å²) in [7, 11) is 0. The summed E-state index contributed by atoms with van der Waals surface area (Å²) in [6, 6.07) is 4.50. The molecular weight excluding hydrogens is 539 g/mol. The van der Waals surface area contributed by atoms with Crippen molar-refractivity contribution < 1.29 is 32.3 Å². The number of fused-ring (bicyclic) bond motifs is 2. The van der Waals surface area contributed by atoms with Crippen molar-refractivity contribution in [1.29, 1.82) is 0 Å². The molecule has 1 unspecified atom stereocenters. The Labute approximate surface area is 236 Å². The van der Waals surface area contributed by atoms with Gasteiger partial charge in [0, 0.05) is 31.2 Å². The van der Waals surface area contributed by atoms with Gasteiger partial charge < -0.3 is 20.7 Å². The largest absolute Gasteiger partial charge is 0.444 e. The summed E-state index contributed by atoms with van der Waals surface area (Å²) in [5, 5.41) is 7.26. The Balaban J connectivity index is 1.41. The monoisotopic (exact) mass is 575 g/mol. The molecule has 1 saturated carbocycles. The number of primary amides is 1. The first-order chi connectivity index (χ1) is 18.9. The fourth-order valence-corrected chi connectivity index (χ4v) is 6.47. The maximum absolute atomic E-state index is 13.9. The van der Waals surface area contributed by atoms with Crippen LogP contribution in [-0.4, -0.2) is 57.2 Å². The molecule has 5 rings (SSSR count). The van der Waals surface area contributed by atoms with Crippen LogP contribution in [0.4, 0.5) is 23.7 Å². The normalized spacial score (nSPS) is 23.8. The summed E-state index contributed by atoms with van der Waals surface area (Å²) in [4.78, 5) is 39.3. The second kappa shape index (κ2) is 9.77. The summed E-state index contributed by atoms with van der Waals surface area (Å²) in [6.45, 7) is 10.3. The van der Waals surface area contributed by atoms with E-state index in [2.05, 4.69) is 10.4 Å². The van der Waals surface area contributed by atoms with Crippen LogP contribution in [0.25, 0.3) is 5.69 Å². The van der Waals surface area contributed by atoms with E-state index in [-0.39, 0.29) is 53.6 Å². The van der Waals surface area contributed by atoms with Crippen LogP contribution >= 0.6 is 0 Å². The average Bonchev–Trinajstić information content (AvgIpc) is 3.48. The Hall–Kier alpha value is -3.57. The number of ether oxygens (including phenoxy) is 1. The Morgan fingerprint density at radius 3 is 2.29 bits per heavy atom. The minimum absolute atomic E-state index is 0.00242. The Morgan fingerprint density at radius 1 is 1.10 bits per heavy atom. The number of rotatable bonds is 4. The number of amides is 2. The van der Waals surface area contributed by atoms with Crippen LogP contribution in [0.15, 0.2) is 18.2 Å². The van der Waals surface area contributed by atoms with Crippen molar-refractivity contribution in [3.63, 3.8) is 0 Å². The molecule has 2 heterocycles. The number of carbonyl (C=O) groups is 3. The number of hydrogen-bond donors (Lipinski definition) is 2. The van der Waals surface area contributed by atoms with Crippen molar-refractivity contribution >= 4 is 23.5 Å². The third kappa shape index (κ3) is 5.78. The standard InChI is InChI=1S/C29H36F3N5O4/c1-27(2,3)41-26(40)36-13-15-8-17(9-16(15)14-36)34-20-10-18(6-7-19(20)25(33)39)37-21-11-28(4,5)12-22(38)23(21)24(35-37)29(30,31)32/h6-7,10,15-17,34H,8-9,11-14H2,1-5H3,(H2,33,39)/t15-,16+,17?. The number of likely N-dealkylation sites (tertiary alicyclic amines) is 1. The highest BCUT2D eigenvalue weighted by molar-refractivity contribution is 6.00. The van der Waals surface area contributed by atoms with Gasteiger partial charge in [0.1, 0.15) is 5.60 Å². The van der Waals surface area contributed by atoms with Crippen LogP contribution in [0.1, 0.15) is 86.0 Å². The van der Waals surface area contributed by atoms with Gasteiger partial charge in [-0.2, -0.15) is 18.3 Å². The average molecular weight is 576 g/mol. The molecule has 12 heteroatoms. The van der Waals surface area contributed by atoms with Gasteiger partial charge in [-0.15, -0.1) is 0 Å². The molecule has 3 aliphatic rings. The highest BCUT2D eigenvalue weighted by Gasteiger charge is 2.46. The number of ketones is 1. The molecule has 1 aromatic heterocycles. The molecule has 3 atom stereocenters. The first-order valence-corrected chi connectivity index (χ1v) is 13.8. The first kappa shape index (κ1) is 28.9. The van der Waals surface area contributed by atoms with Gasteiger partial charge in [-0.25, -0.2) is 9.48 Å². The number of Topliss-reactive ketones (excluding diaryl/α,β-unsaturated/α-hetero) is 1. The quantitative estimate of drug-likeness (QED) is 0.517. The van der Waals surface area contributed by atoms with Crippen molar-refractivity contribution in [2.75, 3.05) is 18.4 Å². The molecule has 2 amide bonds. The zero-order chi connectivity index (χ0) is 30.1. The maximum atomic E-state index is 13.9. The van der Waals surface area contributed by atoms with E-state index in [1.165, 1.54) is 16.8 Å². The second-order valence-corrected chi connectivity index (χ2v) is 13.3. The van der Waals surface area contributed by atoms with Gasteiger partial charge in [0.15, 0.2) is 11.5 Å². The maximum Gasteiger partial charge on any atom is 0.435 e. The van der Waals surface area contributed by atoms with Crippen LogP contribution in [0, 0.1) is 17.3 Å². The second-order valence-electron chi connectivity index (χ2n) is 13.3. The number of nitrogens with two attached hydrogens (primary N) is 1. The van der Waals surface area contributed by atoms with E-state index in [9.17, 15) is 27.6 Å². The topological polar surface area (TPSA) is 120 Å². The van der Waals surface area contributed by atoms with Gasteiger partial charge in [0.2, 0.25) is 0 Å². The number of carbonyl (C=O) groups excluding carboxylic acids is 3. The molecule has 1 saturated heterocycles. The van der Waals surface area contributed by atoms with Crippen molar-refractivity contribution in [3.05, 3.63) is 40.7 Å². The molecule has 1 aromatic carbocycles. The lowest BCUT2D eigenvalue weighted by Gasteiger charge is -2.29. The van der Waals surface area contributed by atoms with E-state index in [0.717, 1.165) is 12.8 Å². The number of benzene rings is 1. The Morgan fingerprint density at radius 2 is 1.73 bits per heavy atom. The summed E-state index contributed by atoms with van der Waals surface area (Å²) < 4.78 is 48.5. The zero-order valence-corrected chi connectivity index (χ0v) is 23.9. The predicted molar refractivity (Wildman–Crippen MR) is 145 cm³/mol. The van der Waals surface area contributed by atoms with Gasteiger partial charge in [-0.3, -0.25) is 9.59 Å². The first-order valence-electron chi connectivity index (χ1n) is 13.8. The number of nitrogens with zero attached hydrogens (tertiary/aromatic N) is 3. The van der Waals surface area contributed by atoms with E-state index < -0.39 is 34.6 Å². The summed E-state index contributed by atoms with van der Waals surface area (Å²) in [5.41, 5.74) is 4.05. The van der Waals surface area contributed by atoms with Gasteiger partial charge in [0.25, 0.3) is 5.91 Å². The van der Waals surface area contributed by atoms with Crippen LogP contribution < -0.4 is 11.1 Å². The smallest absolute Gasteiger partial charge is 0.435 e. The van der Waals surface area contributed by atoms with E-state index in [1.54, 1.807) is 11.0 Å². The minimum Gasteiger partial charge on any atom is -0.444 e. The van der Waals surface area contributed by atoms with Gasteiger partial charge >= 0.3 is 12.3 Å². The van der Waals surface area contributed by atoms with E-state index in [1.807, 2.05) is 34.6 Å². The number of halogens is 3. The molecule has 0 radical (unpaired) electrons. The molecule has 2 aliphatic carbocycles. The molecule has 2 fully saturated rings. The number of aromatic nitrogens is 2. The van der Waals surface area contributed by atoms with Crippen molar-refractivity contribution in [3.8, 4) is 5.69 Å². The number of nitrogens with one attached hydrogen (secondary N) is 1. The predicted octanol–water partition coefficient (Wildman–Crippen LogP) is 5.20. The van der Waals surface area contributed by atoms with Gasteiger partial charge in [-0.1, -0.05) is 13.8 Å². The molecular formula is C29H36F3N5O4. The molecule has 0 bridgehead atoms. The minimum atomic E-state index is -4.80. The highest BCUT2D eigenvalue weighted by atomic mass is 19.4. The fraction of sp³-hybridized carbons (Fsp3) is 0.586. The van der Waals surface area contributed by atoms with Crippen LogP contribution in [-0.2, 0) is 17.3 Å². The summed E-state index contributed by atoms with van der Waals surface area (Å²) in [6.07, 6.45) is -3.41. The summed E-state index contributed by atoms with van der Waals surface area (Å²) >= 11 is 0. The fourth-order valence-electron chi connectivity index (χ4n) is 6.47. The third-order valence-electron chi connectivity index (χ3n) is 8.09.